The zero-order valence-electron chi connectivity index (χ0n) is 11.3. The number of piperidine rings is 1. The number of primary amides is 1. The van der Waals surface area contributed by atoms with E-state index in [2.05, 4.69) is 4.90 Å². The molecule has 1 aliphatic heterocycles. The Kier molecular flexibility index (Phi) is 4.27. The summed E-state index contributed by atoms with van der Waals surface area (Å²) < 4.78 is 5.68. The van der Waals surface area contributed by atoms with Crippen molar-refractivity contribution in [3.8, 4) is 0 Å². The molecule has 104 valence electrons. The molecule has 1 aromatic carbocycles. The quantitative estimate of drug-likeness (QED) is 0.804. The van der Waals surface area contributed by atoms with Crippen LogP contribution in [0.4, 0.5) is 11.4 Å². The molecule has 0 saturated carbocycles. The predicted octanol–water partition coefficient (Wildman–Crippen LogP) is 1.37. The summed E-state index contributed by atoms with van der Waals surface area (Å²) in [7, 11) is 0. The van der Waals surface area contributed by atoms with Crippen molar-refractivity contribution in [3.05, 3.63) is 23.8 Å². The minimum absolute atomic E-state index is 0.194. The summed E-state index contributed by atoms with van der Waals surface area (Å²) in [6, 6.07) is 5.27. The molecule has 0 aliphatic carbocycles. The summed E-state index contributed by atoms with van der Waals surface area (Å²) in [6.07, 6.45) is 2.26. The Hall–Kier alpha value is -1.75. The summed E-state index contributed by atoms with van der Waals surface area (Å²) in [5.74, 6) is -0.444. The second-order valence-corrected chi connectivity index (χ2v) is 4.77. The molecular weight excluding hydrogens is 242 g/mol. The first kappa shape index (κ1) is 13.7. The van der Waals surface area contributed by atoms with E-state index in [0.717, 1.165) is 31.6 Å². The maximum Gasteiger partial charge on any atom is 0.250 e. The monoisotopic (exact) mass is 263 g/mol. The van der Waals surface area contributed by atoms with Crippen molar-refractivity contribution < 1.29 is 9.53 Å². The van der Waals surface area contributed by atoms with Gasteiger partial charge in [0.25, 0.3) is 5.91 Å². The molecule has 2 rings (SSSR count). The van der Waals surface area contributed by atoms with E-state index in [0.29, 0.717) is 17.9 Å². The third-order valence-corrected chi connectivity index (χ3v) is 3.43. The van der Waals surface area contributed by atoms with Crippen molar-refractivity contribution in [3.63, 3.8) is 0 Å². The van der Waals surface area contributed by atoms with Crippen molar-refractivity contribution >= 4 is 17.3 Å². The second-order valence-electron chi connectivity index (χ2n) is 4.77. The van der Waals surface area contributed by atoms with Crippen LogP contribution in [-0.4, -0.2) is 31.7 Å². The SMILES string of the molecule is CCOC1CCCN(c2c(N)cccc2C(N)=O)C1. The van der Waals surface area contributed by atoms with Crippen LogP contribution in [0.1, 0.15) is 30.1 Å². The van der Waals surface area contributed by atoms with E-state index in [1.807, 2.05) is 6.92 Å². The van der Waals surface area contributed by atoms with Gasteiger partial charge in [0.05, 0.1) is 23.0 Å². The molecule has 0 aromatic heterocycles. The fourth-order valence-corrected chi connectivity index (χ4v) is 2.63. The third-order valence-electron chi connectivity index (χ3n) is 3.43. The maximum absolute atomic E-state index is 11.5. The molecule has 0 bridgehead atoms. The summed E-state index contributed by atoms with van der Waals surface area (Å²) in [4.78, 5) is 13.6. The summed E-state index contributed by atoms with van der Waals surface area (Å²) in [5, 5.41) is 0. The topological polar surface area (TPSA) is 81.6 Å². The van der Waals surface area contributed by atoms with E-state index in [9.17, 15) is 4.79 Å². The van der Waals surface area contributed by atoms with Gasteiger partial charge in [-0.2, -0.15) is 0 Å². The lowest BCUT2D eigenvalue weighted by molar-refractivity contribution is 0.0526. The number of ether oxygens (including phenoxy) is 1. The third kappa shape index (κ3) is 2.98. The minimum atomic E-state index is -0.444. The Morgan fingerprint density at radius 1 is 1.53 bits per heavy atom. The van der Waals surface area contributed by atoms with Gasteiger partial charge < -0.3 is 21.1 Å². The van der Waals surface area contributed by atoms with E-state index >= 15 is 0 Å². The number of hydrogen-bond acceptors (Lipinski definition) is 4. The molecule has 1 unspecified atom stereocenters. The Labute approximate surface area is 113 Å². The lowest BCUT2D eigenvalue weighted by Crippen LogP contribution is -2.41. The van der Waals surface area contributed by atoms with Gasteiger partial charge >= 0.3 is 0 Å². The first-order valence-electron chi connectivity index (χ1n) is 6.68. The number of carbonyl (C=O) groups is 1. The molecule has 1 aromatic rings. The van der Waals surface area contributed by atoms with Crippen molar-refractivity contribution in [1.82, 2.24) is 0 Å². The highest BCUT2D eigenvalue weighted by atomic mass is 16.5. The molecule has 1 fully saturated rings. The normalized spacial score (nSPS) is 19.4. The van der Waals surface area contributed by atoms with Crippen molar-refractivity contribution in [1.29, 1.82) is 0 Å². The number of nitrogens with two attached hydrogens (primary N) is 2. The average Bonchev–Trinajstić information content (AvgIpc) is 2.39. The first-order chi connectivity index (χ1) is 9.13. The number of anilines is 2. The van der Waals surface area contributed by atoms with Crippen LogP contribution in [0, 0.1) is 0 Å². The van der Waals surface area contributed by atoms with Gasteiger partial charge in [0.1, 0.15) is 0 Å². The number of rotatable bonds is 4. The minimum Gasteiger partial charge on any atom is -0.397 e. The number of nitrogen functional groups attached to an aromatic ring is 1. The molecule has 1 heterocycles. The number of nitrogens with zero attached hydrogens (tertiary/aromatic N) is 1. The van der Waals surface area contributed by atoms with Crippen LogP contribution in [-0.2, 0) is 4.74 Å². The van der Waals surface area contributed by atoms with Gasteiger partial charge in [-0.3, -0.25) is 4.79 Å². The molecule has 19 heavy (non-hydrogen) atoms. The number of hydrogen-bond donors (Lipinski definition) is 2. The Morgan fingerprint density at radius 3 is 3.00 bits per heavy atom. The van der Waals surface area contributed by atoms with Crippen LogP contribution in [0.2, 0.25) is 0 Å². The van der Waals surface area contributed by atoms with Crippen LogP contribution in [0.25, 0.3) is 0 Å². The average molecular weight is 263 g/mol. The molecule has 5 nitrogen and oxygen atoms in total. The van der Waals surface area contributed by atoms with Crippen LogP contribution >= 0.6 is 0 Å². The maximum atomic E-state index is 11.5. The summed E-state index contributed by atoms with van der Waals surface area (Å²) in [6.45, 7) is 4.32. The van der Waals surface area contributed by atoms with Gasteiger partial charge in [-0.15, -0.1) is 0 Å². The summed E-state index contributed by atoms with van der Waals surface area (Å²) in [5.41, 5.74) is 13.3. The van der Waals surface area contributed by atoms with Crippen molar-refractivity contribution in [2.45, 2.75) is 25.9 Å². The van der Waals surface area contributed by atoms with Crippen molar-refractivity contribution in [2.75, 3.05) is 30.3 Å². The van der Waals surface area contributed by atoms with Gasteiger partial charge in [-0.1, -0.05) is 6.07 Å². The van der Waals surface area contributed by atoms with E-state index in [1.165, 1.54) is 0 Å². The number of benzene rings is 1. The zero-order chi connectivity index (χ0) is 13.8. The van der Waals surface area contributed by atoms with E-state index in [1.54, 1.807) is 18.2 Å². The molecule has 1 amide bonds. The largest absolute Gasteiger partial charge is 0.397 e. The second kappa shape index (κ2) is 5.93. The molecule has 1 aliphatic rings. The molecule has 5 heteroatoms. The van der Waals surface area contributed by atoms with E-state index < -0.39 is 5.91 Å². The molecule has 1 atom stereocenters. The van der Waals surface area contributed by atoms with E-state index in [4.69, 9.17) is 16.2 Å². The molecule has 0 spiro atoms. The highest BCUT2D eigenvalue weighted by Gasteiger charge is 2.24. The summed E-state index contributed by atoms with van der Waals surface area (Å²) >= 11 is 0. The van der Waals surface area contributed by atoms with Crippen LogP contribution in [0.5, 0.6) is 0 Å². The van der Waals surface area contributed by atoms with Crippen molar-refractivity contribution in [2.24, 2.45) is 5.73 Å². The number of para-hydroxylation sites is 1. The Balaban J connectivity index is 2.28. The Morgan fingerprint density at radius 2 is 2.32 bits per heavy atom. The Bertz CT molecular complexity index is 460. The lowest BCUT2D eigenvalue weighted by Gasteiger charge is -2.35. The van der Waals surface area contributed by atoms with Gasteiger partial charge in [-0.05, 0) is 31.9 Å². The molecule has 0 radical (unpaired) electrons. The van der Waals surface area contributed by atoms with Crippen LogP contribution in [0.3, 0.4) is 0 Å². The fraction of sp³-hybridized carbons (Fsp3) is 0.500. The standard InChI is InChI=1S/C14H21N3O2/c1-2-19-10-5-4-8-17(9-10)13-11(14(16)18)6-3-7-12(13)15/h3,6-7,10H,2,4-5,8-9,15H2,1H3,(H2,16,18). The highest BCUT2D eigenvalue weighted by molar-refractivity contribution is 6.01. The first-order valence-corrected chi connectivity index (χ1v) is 6.68. The lowest BCUT2D eigenvalue weighted by atomic mass is 10.0. The molecular formula is C14H21N3O2. The van der Waals surface area contributed by atoms with Gasteiger partial charge in [0.2, 0.25) is 0 Å². The predicted molar refractivity (Wildman–Crippen MR) is 76.2 cm³/mol. The van der Waals surface area contributed by atoms with Gasteiger partial charge in [0.15, 0.2) is 0 Å². The van der Waals surface area contributed by atoms with Crippen LogP contribution in [0.15, 0.2) is 18.2 Å². The van der Waals surface area contributed by atoms with Gasteiger partial charge in [0, 0.05) is 19.7 Å². The number of amides is 1. The fourth-order valence-electron chi connectivity index (χ4n) is 2.63. The van der Waals surface area contributed by atoms with Crippen LogP contribution < -0.4 is 16.4 Å². The molecule has 1 saturated heterocycles. The van der Waals surface area contributed by atoms with E-state index in [-0.39, 0.29) is 6.10 Å². The van der Waals surface area contributed by atoms with Gasteiger partial charge in [-0.25, -0.2) is 0 Å². The smallest absolute Gasteiger partial charge is 0.250 e. The zero-order valence-corrected chi connectivity index (χ0v) is 11.3. The number of carbonyl (C=O) groups excluding carboxylic acids is 1. The highest BCUT2D eigenvalue weighted by Crippen LogP contribution is 2.30. The molecule has 4 N–H and O–H groups in total.